The van der Waals surface area contributed by atoms with Gasteiger partial charge in [0.1, 0.15) is 6.04 Å². The molecule has 3 atom stereocenters. The Hall–Kier alpha value is -1.08. The van der Waals surface area contributed by atoms with E-state index >= 15 is 0 Å². The van der Waals surface area contributed by atoms with Crippen LogP contribution in [-0.2, 0) is 4.79 Å². The third-order valence-corrected chi connectivity index (χ3v) is 3.36. The molecule has 0 radical (unpaired) electrons. The molecule has 2 fully saturated rings. The molecule has 0 aromatic rings. The van der Waals surface area contributed by atoms with E-state index in [-0.39, 0.29) is 18.0 Å². The molecule has 2 heterocycles. The molecule has 4 heteroatoms. The highest BCUT2D eigenvalue weighted by atomic mass is 16.2. The number of likely N-dealkylation sites (tertiary alicyclic amines) is 1. The lowest BCUT2D eigenvalue weighted by molar-refractivity contribution is -0.133. The van der Waals surface area contributed by atoms with E-state index in [1.54, 1.807) is 4.90 Å². The van der Waals surface area contributed by atoms with Crippen LogP contribution in [0.2, 0.25) is 0 Å². The monoisotopic (exact) mass is 207 g/mol. The summed E-state index contributed by atoms with van der Waals surface area (Å²) in [5.74, 6) is 0.128. The minimum Gasteiger partial charge on any atom is -0.325 e. The van der Waals surface area contributed by atoms with Gasteiger partial charge in [-0.15, -0.1) is 0 Å². The number of nitrogens with one attached hydrogen (secondary N) is 1. The first-order chi connectivity index (χ1) is 7.22. The van der Waals surface area contributed by atoms with E-state index in [4.69, 9.17) is 5.26 Å². The van der Waals surface area contributed by atoms with Crippen molar-refractivity contribution in [1.29, 1.82) is 5.26 Å². The topological polar surface area (TPSA) is 56.1 Å². The zero-order valence-corrected chi connectivity index (χ0v) is 9.07. The van der Waals surface area contributed by atoms with Crippen molar-refractivity contribution in [2.24, 2.45) is 0 Å². The summed E-state index contributed by atoms with van der Waals surface area (Å²) in [4.78, 5) is 13.8. The van der Waals surface area contributed by atoms with E-state index in [2.05, 4.69) is 18.3 Å². The molecule has 2 rings (SSSR count). The molecular formula is C11H17N3O. The van der Waals surface area contributed by atoms with Crippen molar-refractivity contribution in [3.8, 4) is 6.07 Å². The zero-order chi connectivity index (χ0) is 10.8. The third kappa shape index (κ3) is 1.98. The average molecular weight is 207 g/mol. The Morgan fingerprint density at radius 2 is 2.27 bits per heavy atom. The summed E-state index contributed by atoms with van der Waals surface area (Å²) in [7, 11) is 0. The SMILES string of the molecule is C[C@@H]1CC[C@@H](C(=O)N2CCCC2C#N)N1. The smallest absolute Gasteiger partial charge is 0.240 e. The molecule has 15 heavy (non-hydrogen) atoms. The van der Waals surface area contributed by atoms with Crippen molar-refractivity contribution in [3.05, 3.63) is 0 Å². The molecule has 0 aromatic heterocycles. The first-order valence-electron chi connectivity index (χ1n) is 5.68. The van der Waals surface area contributed by atoms with Crippen LogP contribution in [-0.4, -0.2) is 35.5 Å². The van der Waals surface area contributed by atoms with Crippen LogP contribution in [0.25, 0.3) is 0 Å². The number of amides is 1. The van der Waals surface area contributed by atoms with E-state index in [0.717, 1.165) is 32.2 Å². The second kappa shape index (κ2) is 4.19. The molecule has 4 nitrogen and oxygen atoms in total. The van der Waals surface area contributed by atoms with E-state index in [1.165, 1.54) is 0 Å². The van der Waals surface area contributed by atoms with Gasteiger partial charge in [0.05, 0.1) is 12.1 Å². The molecule has 1 unspecified atom stereocenters. The highest BCUT2D eigenvalue weighted by Crippen LogP contribution is 2.21. The lowest BCUT2D eigenvalue weighted by Crippen LogP contribution is -2.46. The van der Waals surface area contributed by atoms with Gasteiger partial charge in [-0.2, -0.15) is 5.26 Å². The van der Waals surface area contributed by atoms with Crippen molar-refractivity contribution < 1.29 is 4.79 Å². The standard InChI is InChI=1S/C11H17N3O/c1-8-4-5-10(13-8)11(15)14-6-2-3-9(14)7-12/h8-10,13H,2-6H2,1H3/t8-,9?,10+/m1/s1. The molecule has 2 aliphatic heterocycles. The van der Waals surface area contributed by atoms with Gasteiger partial charge in [0, 0.05) is 12.6 Å². The predicted molar refractivity (Wildman–Crippen MR) is 56.0 cm³/mol. The largest absolute Gasteiger partial charge is 0.325 e. The van der Waals surface area contributed by atoms with Crippen LogP contribution in [0, 0.1) is 11.3 Å². The van der Waals surface area contributed by atoms with Gasteiger partial charge < -0.3 is 10.2 Å². The molecule has 2 saturated heterocycles. The van der Waals surface area contributed by atoms with Crippen molar-refractivity contribution in [3.63, 3.8) is 0 Å². The molecule has 1 amide bonds. The zero-order valence-electron chi connectivity index (χ0n) is 9.07. The van der Waals surface area contributed by atoms with E-state index < -0.39 is 0 Å². The van der Waals surface area contributed by atoms with Gasteiger partial charge in [0.15, 0.2) is 0 Å². The van der Waals surface area contributed by atoms with Gasteiger partial charge in [-0.25, -0.2) is 0 Å². The van der Waals surface area contributed by atoms with Crippen LogP contribution in [0.4, 0.5) is 0 Å². The Bertz CT molecular complexity index is 297. The second-order valence-electron chi connectivity index (χ2n) is 4.52. The van der Waals surface area contributed by atoms with Crippen molar-refractivity contribution in [2.45, 2.75) is 50.7 Å². The lowest BCUT2D eigenvalue weighted by atomic mass is 10.1. The summed E-state index contributed by atoms with van der Waals surface area (Å²) in [5.41, 5.74) is 0. The number of rotatable bonds is 1. The summed E-state index contributed by atoms with van der Waals surface area (Å²) >= 11 is 0. The summed E-state index contributed by atoms with van der Waals surface area (Å²) < 4.78 is 0. The highest BCUT2D eigenvalue weighted by Gasteiger charge is 2.35. The second-order valence-corrected chi connectivity index (χ2v) is 4.52. The molecule has 0 aromatic carbocycles. The Morgan fingerprint density at radius 3 is 2.87 bits per heavy atom. The maximum absolute atomic E-state index is 12.1. The lowest BCUT2D eigenvalue weighted by Gasteiger charge is -2.23. The first-order valence-corrected chi connectivity index (χ1v) is 5.68. The van der Waals surface area contributed by atoms with Crippen molar-refractivity contribution >= 4 is 5.91 Å². The van der Waals surface area contributed by atoms with Gasteiger partial charge >= 0.3 is 0 Å². The summed E-state index contributed by atoms with van der Waals surface area (Å²) in [6, 6.07) is 2.41. The quantitative estimate of drug-likeness (QED) is 0.686. The van der Waals surface area contributed by atoms with Gasteiger partial charge in [-0.1, -0.05) is 0 Å². The number of hydrogen-bond donors (Lipinski definition) is 1. The van der Waals surface area contributed by atoms with Crippen LogP contribution >= 0.6 is 0 Å². The summed E-state index contributed by atoms with van der Waals surface area (Å²) in [6.07, 6.45) is 3.77. The number of carbonyl (C=O) groups is 1. The molecule has 2 aliphatic rings. The minimum absolute atomic E-state index is 0.0473. The number of nitrogens with zero attached hydrogens (tertiary/aromatic N) is 2. The highest BCUT2D eigenvalue weighted by molar-refractivity contribution is 5.83. The predicted octanol–water partition coefficient (Wildman–Crippen LogP) is 0.641. The number of nitriles is 1. The maximum atomic E-state index is 12.1. The Kier molecular flexibility index (Phi) is 2.92. The fraction of sp³-hybridized carbons (Fsp3) is 0.818. The maximum Gasteiger partial charge on any atom is 0.240 e. The molecule has 0 aliphatic carbocycles. The van der Waals surface area contributed by atoms with E-state index in [9.17, 15) is 4.79 Å². The first kappa shape index (κ1) is 10.4. The fourth-order valence-electron chi connectivity index (χ4n) is 2.49. The minimum atomic E-state index is -0.185. The Morgan fingerprint density at radius 1 is 1.47 bits per heavy atom. The number of hydrogen-bond acceptors (Lipinski definition) is 3. The number of carbonyl (C=O) groups excluding carboxylic acids is 1. The van der Waals surface area contributed by atoms with Crippen molar-refractivity contribution in [1.82, 2.24) is 10.2 Å². The third-order valence-electron chi connectivity index (χ3n) is 3.36. The van der Waals surface area contributed by atoms with E-state index in [0.29, 0.717) is 6.04 Å². The van der Waals surface area contributed by atoms with Gasteiger partial charge in [-0.3, -0.25) is 4.79 Å². The molecule has 0 saturated carbocycles. The molecule has 0 bridgehead atoms. The summed E-state index contributed by atoms with van der Waals surface area (Å²) in [6.45, 7) is 2.85. The molecule has 82 valence electrons. The Balaban J connectivity index is 1.99. The normalized spacial score (nSPS) is 35.5. The molecule has 1 N–H and O–H groups in total. The molecular weight excluding hydrogens is 190 g/mol. The van der Waals surface area contributed by atoms with Gasteiger partial charge in [-0.05, 0) is 32.6 Å². The van der Waals surface area contributed by atoms with Crippen LogP contribution < -0.4 is 5.32 Å². The van der Waals surface area contributed by atoms with E-state index in [1.807, 2.05) is 0 Å². The molecule has 0 spiro atoms. The van der Waals surface area contributed by atoms with Gasteiger partial charge in [0.25, 0.3) is 0 Å². The van der Waals surface area contributed by atoms with Crippen LogP contribution in [0.5, 0.6) is 0 Å². The van der Waals surface area contributed by atoms with Crippen molar-refractivity contribution in [2.75, 3.05) is 6.54 Å². The Labute approximate surface area is 90.2 Å². The van der Waals surface area contributed by atoms with Crippen LogP contribution in [0.15, 0.2) is 0 Å². The summed E-state index contributed by atoms with van der Waals surface area (Å²) in [5, 5.41) is 12.2. The fourth-order valence-corrected chi connectivity index (χ4v) is 2.49. The van der Waals surface area contributed by atoms with Gasteiger partial charge in [0.2, 0.25) is 5.91 Å². The average Bonchev–Trinajstić information content (AvgIpc) is 2.84. The van der Waals surface area contributed by atoms with Crippen LogP contribution in [0.1, 0.15) is 32.6 Å². The van der Waals surface area contributed by atoms with Crippen LogP contribution in [0.3, 0.4) is 0 Å².